The summed E-state index contributed by atoms with van der Waals surface area (Å²) in [5.74, 6) is 6.70. The molecule has 1 N–H and O–H groups in total. The molecule has 0 heterocycles. The Bertz CT molecular complexity index is 482. The van der Waals surface area contributed by atoms with Crippen molar-refractivity contribution in [3.63, 3.8) is 0 Å². The summed E-state index contributed by atoms with van der Waals surface area (Å²) < 4.78 is 0. The van der Waals surface area contributed by atoms with Gasteiger partial charge in [-0.25, -0.2) is 0 Å². The van der Waals surface area contributed by atoms with Gasteiger partial charge in [0.05, 0.1) is 5.60 Å². The molecule has 0 radical (unpaired) electrons. The van der Waals surface area contributed by atoms with Crippen molar-refractivity contribution in [3.05, 3.63) is 0 Å². The second-order valence-electron chi connectivity index (χ2n) is 11.2. The smallest absolute Gasteiger partial charge is 0.0622 e. The Morgan fingerprint density at radius 3 is 2.44 bits per heavy atom. The van der Waals surface area contributed by atoms with Crippen molar-refractivity contribution in [2.75, 3.05) is 0 Å². The molecule has 4 aliphatic rings. The van der Waals surface area contributed by atoms with Gasteiger partial charge in [0, 0.05) is 0 Å². The van der Waals surface area contributed by atoms with E-state index in [0.717, 1.165) is 54.3 Å². The van der Waals surface area contributed by atoms with E-state index in [1.165, 1.54) is 57.8 Å². The molecule has 4 saturated carbocycles. The van der Waals surface area contributed by atoms with Crippen molar-refractivity contribution in [1.29, 1.82) is 0 Å². The highest BCUT2D eigenvalue weighted by molar-refractivity contribution is 5.07. The van der Waals surface area contributed by atoms with Crippen LogP contribution in [0.2, 0.25) is 0 Å². The highest BCUT2D eigenvalue weighted by atomic mass is 16.3. The first-order chi connectivity index (χ1) is 11.9. The number of aliphatic hydroxyl groups is 1. The van der Waals surface area contributed by atoms with E-state index in [1.54, 1.807) is 0 Å². The third-order valence-corrected chi connectivity index (χ3v) is 9.74. The zero-order valence-electron chi connectivity index (χ0n) is 17.3. The topological polar surface area (TPSA) is 20.2 Å². The summed E-state index contributed by atoms with van der Waals surface area (Å²) in [7, 11) is 0. The van der Waals surface area contributed by atoms with Gasteiger partial charge in [0.1, 0.15) is 0 Å². The Morgan fingerprint density at radius 1 is 0.920 bits per heavy atom. The molecule has 0 aromatic heterocycles. The van der Waals surface area contributed by atoms with Crippen LogP contribution in [0.3, 0.4) is 0 Å². The molecule has 0 amide bonds. The summed E-state index contributed by atoms with van der Waals surface area (Å²) in [4.78, 5) is 0. The van der Waals surface area contributed by atoms with Crippen LogP contribution in [0, 0.1) is 46.8 Å². The highest BCUT2D eigenvalue weighted by Gasteiger charge is 2.57. The molecule has 9 atom stereocenters. The molecule has 25 heavy (non-hydrogen) atoms. The van der Waals surface area contributed by atoms with Crippen molar-refractivity contribution >= 4 is 0 Å². The second-order valence-corrected chi connectivity index (χ2v) is 11.2. The van der Waals surface area contributed by atoms with Crippen molar-refractivity contribution in [2.24, 2.45) is 46.8 Å². The molecule has 4 rings (SSSR count). The first-order valence-corrected chi connectivity index (χ1v) is 11.6. The van der Waals surface area contributed by atoms with Gasteiger partial charge >= 0.3 is 0 Å². The van der Waals surface area contributed by atoms with E-state index in [1.807, 2.05) is 0 Å². The minimum Gasteiger partial charge on any atom is -0.390 e. The number of hydrogen-bond donors (Lipinski definition) is 1. The molecule has 0 aromatic rings. The molecule has 4 aliphatic carbocycles. The predicted octanol–water partition coefficient (Wildman–Crippen LogP) is 6.44. The minimum atomic E-state index is -0.370. The first-order valence-electron chi connectivity index (χ1n) is 11.6. The van der Waals surface area contributed by atoms with Crippen molar-refractivity contribution in [3.8, 4) is 0 Å². The largest absolute Gasteiger partial charge is 0.390 e. The van der Waals surface area contributed by atoms with Gasteiger partial charge in [-0.1, -0.05) is 33.6 Å². The summed E-state index contributed by atoms with van der Waals surface area (Å²) in [5.41, 5.74) is 0.272. The molecule has 1 nitrogen and oxygen atoms in total. The summed E-state index contributed by atoms with van der Waals surface area (Å²) in [6, 6.07) is 0. The first kappa shape index (κ1) is 18.3. The lowest BCUT2D eigenvalue weighted by atomic mass is 9.48. The number of rotatable bonds is 3. The molecule has 0 aromatic carbocycles. The molecule has 0 spiro atoms. The van der Waals surface area contributed by atoms with Crippen LogP contribution in [-0.2, 0) is 0 Å². The van der Waals surface area contributed by atoms with Gasteiger partial charge in [0.2, 0.25) is 0 Å². The molecular weight excluding hydrogens is 304 g/mol. The van der Waals surface area contributed by atoms with Gasteiger partial charge in [0.25, 0.3) is 0 Å². The Balaban J connectivity index is 1.51. The third kappa shape index (κ3) is 3.01. The van der Waals surface area contributed by atoms with E-state index >= 15 is 0 Å². The Hall–Kier alpha value is -0.0400. The molecular formula is C24H42O. The van der Waals surface area contributed by atoms with Gasteiger partial charge in [-0.2, -0.15) is 0 Å². The summed E-state index contributed by atoms with van der Waals surface area (Å²) in [5, 5.41) is 10.5. The average Bonchev–Trinajstić information content (AvgIpc) is 2.91. The van der Waals surface area contributed by atoms with Crippen molar-refractivity contribution in [1.82, 2.24) is 0 Å². The lowest BCUT2D eigenvalue weighted by Gasteiger charge is -2.57. The fraction of sp³-hybridized carbons (Fsp3) is 1.00. The molecule has 0 aliphatic heterocycles. The molecule has 0 saturated heterocycles. The van der Waals surface area contributed by atoms with Crippen LogP contribution in [0.15, 0.2) is 0 Å². The van der Waals surface area contributed by atoms with Crippen LogP contribution >= 0.6 is 0 Å². The number of fused-ring (bicyclic) bond motifs is 5. The Labute approximate surface area is 156 Å². The van der Waals surface area contributed by atoms with Crippen molar-refractivity contribution < 1.29 is 5.11 Å². The van der Waals surface area contributed by atoms with E-state index in [-0.39, 0.29) is 5.60 Å². The third-order valence-electron chi connectivity index (χ3n) is 9.74. The van der Waals surface area contributed by atoms with E-state index in [4.69, 9.17) is 0 Å². The second kappa shape index (κ2) is 6.54. The molecule has 1 heteroatoms. The Morgan fingerprint density at radius 2 is 1.68 bits per heavy atom. The van der Waals surface area contributed by atoms with Crippen molar-refractivity contribution in [2.45, 2.75) is 104 Å². The minimum absolute atomic E-state index is 0.370. The lowest BCUT2D eigenvalue weighted by Crippen LogP contribution is -2.50. The summed E-state index contributed by atoms with van der Waals surface area (Å²) in [6.45, 7) is 9.69. The number of hydrogen-bond acceptors (Lipinski definition) is 1. The Kier molecular flexibility index (Phi) is 4.79. The molecule has 144 valence electrons. The maximum atomic E-state index is 10.5. The van der Waals surface area contributed by atoms with Gasteiger partial charge in [-0.15, -0.1) is 0 Å². The van der Waals surface area contributed by atoms with Crippen LogP contribution in [0.4, 0.5) is 0 Å². The van der Waals surface area contributed by atoms with Gasteiger partial charge < -0.3 is 5.11 Å². The van der Waals surface area contributed by atoms with Crippen LogP contribution in [-0.4, -0.2) is 10.7 Å². The van der Waals surface area contributed by atoms with Crippen LogP contribution < -0.4 is 0 Å². The standard InChI is InChI=1S/C24H42O/c1-5-6-16(2)21-9-10-22-20-8-7-17-15-23(3,25)13-11-18(17)19(20)12-14-24(21,22)4/h16-22,25H,5-15H2,1-4H3/t16-,17+,18+,19-,20-,21-,22+,23+,24-/m1/s1. The fourth-order valence-electron chi connectivity index (χ4n) is 8.71. The zero-order chi connectivity index (χ0) is 17.8. The van der Waals surface area contributed by atoms with Gasteiger partial charge in [-0.3, -0.25) is 0 Å². The van der Waals surface area contributed by atoms with Crippen LogP contribution in [0.1, 0.15) is 98.3 Å². The van der Waals surface area contributed by atoms with Gasteiger partial charge in [0.15, 0.2) is 0 Å². The van der Waals surface area contributed by atoms with Gasteiger partial charge in [-0.05, 0) is 112 Å². The average molecular weight is 347 g/mol. The fourth-order valence-corrected chi connectivity index (χ4v) is 8.71. The summed E-state index contributed by atoms with van der Waals surface area (Å²) >= 11 is 0. The normalized spacial score (nSPS) is 53.6. The summed E-state index contributed by atoms with van der Waals surface area (Å²) in [6.07, 6.45) is 15.1. The molecule has 4 fully saturated rings. The predicted molar refractivity (Wildman–Crippen MR) is 105 cm³/mol. The lowest BCUT2D eigenvalue weighted by molar-refractivity contribution is -0.103. The monoisotopic (exact) mass is 346 g/mol. The van der Waals surface area contributed by atoms with Crippen LogP contribution in [0.25, 0.3) is 0 Å². The van der Waals surface area contributed by atoms with E-state index in [0.29, 0.717) is 5.41 Å². The quantitative estimate of drug-likeness (QED) is 0.623. The zero-order valence-corrected chi connectivity index (χ0v) is 17.3. The van der Waals surface area contributed by atoms with E-state index in [9.17, 15) is 5.11 Å². The van der Waals surface area contributed by atoms with E-state index in [2.05, 4.69) is 27.7 Å². The molecule has 0 bridgehead atoms. The molecule has 0 unspecified atom stereocenters. The SMILES string of the molecule is CCC[C@@H](C)[C@H]1CC[C@H]2[C@@H]3CC[C@H]4C[C@@](C)(O)CC[C@@H]4[C@H]3CC[C@]12C. The maximum Gasteiger partial charge on any atom is 0.0622 e. The maximum absolute atomic E-state index is 10.5. The van der Waals surface area contributed by atoms with Crippen LogP contribution in [0.5, 0.6) is 0 Å². The van der Waals surface area contributed by atoms with E-state index < -0.39 is 0 Å². The highest BCUT2D eigenvalue weighted by Crippen LogP contribution is 2.65.